The highest BCUT2D eigenvalue weighted by atomic mass is 35.5. The van der Waals surface area contributed by atoms with Crippen LogP contribution in [0.4, 0.5) is 16.2 Å². The fourth-order valence-corrected chi connectivity index (χ4v) is 36.1. The second-order valence-electron chi connectivity index (χ2n) is 32.5. The number of benzene rings is 5. The molecule has 668 valence electrons. The number of ketones is 3. The van der Waals surface area contributed by atoms with E-state index in [2.05, 4.69) is 111 Å². The van der Waals surface area contributed by atoms with Gasteiger partial charge in [-0.1, -0.05) is 174 Å². The van der Waals surface area contributed by atoms with Crippen LogP contribution in [0.5, 0.6) is 0 Å². The third-order valence-electron chi connectivity index (χ3n) is 21.6. The number of piperidine rings is 1. The Bertz CT molecular complexity index is 4670. The van der Waals surface area contributed by atoms with E-state index in [1.165, 1.54) is 11.8 Å². The molecule has 2 aliphatic rings. The van der Waals surface area contributed by atoms with E-state index in [4.69, 9.17) is 21.9 Å². The van der Waals surface area contributed by atoms with Crippen LogP contribution >= 0.6 is 94.1 Å². The molecular formula is C86H117ClN12O15P10. The number of likely N-dealkylation sites (tertiary alicyclic amines) is 1. The average molecular weight is 1900 g/mol. The number of Topliss-reactive ketones (excluding diaryl/α,β-unsaturated/α-hetero) is 3. The minimum atomic E-state index is -1.48. The number of carbonyl (C=O) groups excluding carboxylic acids is 14. The predicted octanol–water partition coefficient (Wildman–Crippen LogP) is 13.8. The van der Waals surface area contributed by atoms with Gasteiger partial charge in [-0.05, 0) is 173 Å². The summed E-state index contributed by atoms with van der Waals surface area (Å²) >= 11 is 6.34. The van der Waals surface area contributed by atoms with E-state index < -0.39 is 196 Å². The lowest BCUT2D eigenvalue weighted by Crippen LogP contribution is -2.56. The van der Waals surface area contributed by atoms with Gasteiger partial charge in [0.05, 0.1) is 39.6 Å². The van der Waals surface area contributed by atoms with Crippen molar-refractivity contribution in [3.63, 3.8) is 0 Å². The molecule has 2 aliphatic heterocycles. The van der Waals surface area contributed by atoms with Gasteiger partial charge in [-0.3, -0.25) is 72.6 Å². The summed E-state index contributed by atoms with van der Waals surface area (Å²) in [4.78, 5) is 206. The number of anilines is 2. The number of primary amides is 1. The molecule has 0 aliphatic carbocycles. The standard InChI is InChI=1S/C86H117ClN12O15P10/c1-50(2)14-8-7-9-18-68(85(112)99-35-13-19-72(99)84(111)90-53(6)78(88)105)93-81(108)61(36-51(3)4)43-73(100)70(42-56-25-32-67(33-26-56)92-86(113)98-122(120-115)124(118)119)95-82(109)62(38-54-23-30-66(31-24-54)91-80(107)64-46-76(103)97-77(104)47-64)45-75(102)71(49-114-123(117)121-116)96-83(110)63(40-58-15-12-34-89-48-58)44-74(101)69(41-55-21-28-65(87)29-22-55)94-79(106)52(5)37-57-20-27-59-16-10-11-17-60(59)39-57/h10-12,15-17,20-34,39,48,50-53,61-64,68-72,120-121H,7-9,13-14,18-19,35-38,40-47,49,115-119H2,1-6H3,(H2,88,105)(H,90,111)(H,91,107)(H,93,108)(H,94,106)(H,95,109)(H,96,110)(H2,92,98,113)(H,97,103,104)/t52-,53+,61-,62-,63+,68+,69-,70-,71+,72+,122?,123?/m1/s1. The number of unbranched alkanes of at least 4 members (excludes halogenated alkanes) is 2. The van der Waals surface area contributed by atoms with Crippen molar-refractivity contribution in [3.05, 3.63) is 173 Å². The molecule has 12 amide bonds. The van der Waals surface area contributed by atoms with E-state index in [9.17, 15) is 38.4 Å². The summed E-state index contributed by atoms with van der Waals surface area (Å²) < 4.78 is 6.32. The quantitative estimate of drug-likeness (QED) is 0.00963. The lowest BCUT2D eigenvalue weighted by atomic mass is 9.87. The minimum Gasteiger partial charge on any atom is -0.368 e. The van der Waals surface area contributed by atoms with E-state index >= 15 is 28.8 Å². The van der Waals surface area contributed by atoms with Crippen LogP contribution in [0.3, 0.4) is 0 Å². The summed E-state index contributed by atoms with van der Waals surface area (Å²) in [5.74, 6) is -12.9. The first-order valence-electron chi connectivity index (χ1n) is 41.5. The van der Waals surface area contributed by atoms with Crippen molar-refractivity contribution < 1.29 is 71.6 Å². The summed E-state index contributed by atoms with van der Waals surface area (Å²) in [6, 6.07) is 29.6. The molecule has 11 N–H and O–H groups in total. The zero-order chi connectivity index (χ0) is 90.3. The first-order chi connectivity index (χ1) is 59.1. The number of urea groups is 1. The largest absolute Gasteiger partial charge is 0.368 e. The smallest absolute Gasteiger partial charge is 0.323 e. The first kappa shape index (κ1) is 103. The number of imide groups is 1. The van der Waals surface area contributed by atoms with Gasteiger partial charge in [0.15, 0.2) is 17.3 Å². The highest BCUT2D eigenvalue weighted by molar-refractivity contribution is 8.87. The van der Waals surface area contributed by atoms with E-state index in [0.29, 0.717) is 72.5 Å². The van der Waals surface area contributed by atoms with Gasteiger partial charge in [-0.25, -0.2) is 4.79 Å². The third kappa shape index (κ3) is 34.0. The maximum atomic E-state index is 16.0. The van der Waals surface area contributed by atoms with Crippen molar-refractivity contribution in [2.24, 2.45) is 47.2 Å². The van der Waals surface area contributed by atoms with Crippen molar-refractivity contribution in [3.8, 4) is 0 Å². The number of rotatable bonds is 49. The van der Waals surface area contributed by atoms with Gasteiger partial charge in [-0.15, -0.1) is 35.7 Å². The number of carbonyl (C=O) groups is 14. The van der Waals surface area contributed by atoms with Gasteiger partial charge in [0.2, 0.25) is 59.1 Å². The Morgan fingerprint density at radius 3 is 1.67 bits per heavy atom. The number of hydrogen-bond acceptors (Lipinski definition) is 16. The molecule has 2 saturated heterocycles. The summed E-state index contributed by atoms with van der Waals surface area (Å²) in [5, 5.41) is 28.0. The van der Waals surface area contributed by atoms with Crippen LogP contribution in [0, 0.1) is 41.4 Å². The monoisotopic (exact) mass is 1900 g/mol. The summed E-state index contributed by atoms with van der Waals surface area (Å²) in [5.41, 5.74) is 9.34. The Morgan fingerprint density at radius 2 is 1.10 bits per heavy atom. The summed E-state index contributed by atoms with van der Waals surface area (Å²) in [7, 11) is 11.8. The van der Waals surface area contributed by atoms with Gasteiger partial charge < -0.3 is 57.5 Å². The molecule has 0 spiro atoms. The normalized spacial score (nSPS) is 16.4. The number of nitrogens with two attached hydrogens (primary N) is 1. The molecule has 0 saturated carbocycles. The van der Waals surface area contributed by atoms with Crippen LogP contribution in [0.2, 0.25) is 5.02 Å². The molecular weight excluding hydrogens is 1790 g/mol. The Balaban J connectivity index is 1.14. The Morgan fingerprint density at radius 1 is 0.565 bits per heavy atom. The highest BCUT2D eigenvalue weighted by Crippen LogP contribution is 2.86. The van der Waals surface area contributed by atoms with Gasteiger partial charge in [0.25, 0.3) is 0 Å². The fourth-order valence-electron chi connectivity index (χ4n) is 14.9. The molecule has 5 aromatic carbocycles. The number of nitrogens with zero attached hydrogens (tertiary/aromatic N) is 2. The van der Waals surface area contributed by atoms with E-state index in [1.54, 1.807) is 104 Å². The molecule has 124 heavy (non-hydrogen) atoms. The SMILES string of the molecule is CC(C)CCCCC[C@H](NC(=O)[C@@H](CC(=O)[C@@H](Cc1ccc(NC(=O)NP(PP)P(P)P)cc1)NC(=O)[C@@H](CC(=O)[C@H](COP(P)PP)NC(=O)[C@H](CC(=O)[C@@H](Cc1ccc(Cl)cc1)NC(=O)[C@H](C)Cc1ccc2ccccc2c1)Cc1cccnc1)Cc1ccc(NC(=O)C2CC(=O)NC(=O)C2)cc1)CC(C)C)C(=O)N1CCC[C@H]1C(=O)N[C@@H](C)C(N)=O. The van der Waals surface area contributed by atoms with Crippen molar-refractivity contribution in [2.45, 2.75) is 193 Å². The average Bonchev–Trinajstić information content (AvgIpc) is 1.60. The zero-order valence-electron chi connectivity index (χ0n) is 70.6. The topological polar surface area (TPSA) is 399 Å². The maximum absolute atomic E-state index is 16.0. The van der Waals surface area contributed by atoms with Gasteiger partial charge in [0.1, 0.15) is 24.2 Å². The molecule has 38 heteroatoms. The first-order valence-corrected chi connectivity index (χ1v) is 58.7. The molecule has 0 bridgehead atoms. The van der Waals surface area contributed by atoms with Gasteiger partial charge in [-0.2, -0.15) is 0 Å². The molecule has 0 radical (unpaired) electrons. The van der Waals surface area contributed by atoms with Crippen molar-refractivity contribution in [1.29, 1.82) is 0 Å². The number of fused-ring (bicyclic) bond motifs is 1. The Hall–Kier alpha value is -6.76. The van der Waals surface area contributed by atoms with Crippen LogP contribution in [-0.2, 0) is 99.0 Å². The molecule has 9 unspecified atom stereocenters. The molecule has 19 atom stereocenters. The second kappa shape index (κ2) is 52.0. The molecule has 8 rings (SSSR count). The van der Waals surface area contributed by atoms with Crippen molar-refractivity contribution in [2.75, 3.05) is 23.8 Å². The van der Waals surface area contributed by atoms with Crippen LogP contribution in [0.25, 0.3) is 10.8 Å². The molecule has 6 aromatic rings. The van der Waals surface area contributed by atoms with Crippen LogP contribution in [0.1, 0.15) is 153 Å². The number of halogens is 1. The summed E-state index contributed by atoms with van der Waals surface area (Å²) in [6.45, 7) is 10.4. The number of hydrogen-bond donors (Lipinski definition) is 10. The zero-order valence-corrected chi connectivity index (χ0v) is 81.8. The Labute approximate surface area is 749 Å². The highest BCUT2D eigenvalue weighted by Gasteiger charge is 2.41. The number of pyridine rings is 1. The molecule has 3 heterocycles. The predicted molar refractivity (Wildman–Crippen MR) is 515 cm³/mol. The molecule has 1 aromatic heterocycles. The maximum Gasteiger partial charge on any atom is 0.323 e. The van der Waals surface area contributed by atoms with Crippen molar-refractivity contribution in [1.82, 2.24) is 46.9 Å². The van der Waals surface area contributed by atoms with E-state index in [-0.39, 0.29) is 77.5 Å². The fraction of sp³-hybridized carbons (Fsp3) is 0.453. The lowest BCUT2D eigenvalue weighted by molar-refractivity contribution is -0.143. The number of nitrogens with one attached hydrogen (secondary N) is 9. The minimum absolute atomic E-state index is 0.0343. The lowest BCUT2D eigenvalue weighted by Gasteiger charge is -2.30. The summed E-state index contributed by atoms with van der Waals surface area (Å²) in [6.07, 6.45) is 5.29. The Kier molecular flexibility index (Phi) is 43.1. The van der Waals surface area contributed by atoms with E-state index in [0.717, 1.165) is 35.6 Å². The second-order valence-corrected chi connectivity index (χ2v) is 59.3. The van der Waals surface area contributed by atoms with Crippen LogP contribution < -0.4 is 53.4 Å². The van der Waals surface area contributed by atoms with Gasteiger partial charge in [0, 0.05) is 91.1 Å². The number of amides is 12. The molecule has 27 nitrogen and oxygen atoms in total. The number of aromatic nitrogens is 1. The van der Waals surface area contributed by atoms with E-state index in [1.807, 2.05) is 56.3 Å². The van der Waals surface area contributed by atoms with Crippen LogP contribution in [0.15, 0.2) is 140 Å². The van der Waals surface area contributed by atoms with Crippen LogP contribution in [-0.4, -0.2) is 142 Å². The third-order valence-corrected chi connectivity index (χ3v) is 50.1. The molecule has 2 fully saturated rings. The van der Waals surface area contributed by atoms with Gasteiger partial charge >= 0.3 is 6.03 Å². The van der Waals surface area contributed by atoms with Crippen molar-refractivity contribution >= 4 is 199 Å².